The molecular weight excluding hydrogens is 344 g/mol. The van der Waals surface area contributed by atoms with E-state index < -0.39 is 23.8 Å². The van der Waals surface area contributed by atoms with Gasteiger partial charge in [0, 0.05) is 0 Å². The molecule has 0 saturated carbocycles. The van der Waals surface area contributed by atoms with E-state index in [9.17, 15) is 19.2 Å². The van der Waals surface area contributed by atoms with Crippen LogP contribution in [0.2, 0.25) is 0 Å². The summed E-state index contributed by atoms with van der Waals surface area (Å²) in [5, 5.41) is 3.97. The minimum Gasteiger partial charge on any atom is -0.493 e. The highest BCUT2D eigenvalue weighted by atomic mass is 16.6. The molecule has 1 aliphatic rings. The maximum Gasteiger partial charge on any atom is 0.344 e. The molecule has 2 N–H and O–H groups in total. The Bertz CT molecular complexity index is 761. The predicted octanol–water partition coefficient (Wildman–Crippen LogP) is 0.775. The second kappa shape index (κ2) is 8.15. The first-order valence-corrected chi connectivity index (χ1v) is 7.69. The van der Waals surface area contributed by atoms with E-state index >= 15 is 0 Å². The van der Waals surface area contributed by atoms with E-state index in [1.54, 1.807) is 19.9 Å². The summed E-state index contributed by atoms with van der Waals surface area (Å²) in [6.07, 6.45) is 1.05. The number of amides is 4. The van der Waals surface area contributed by atoms with Gasteiger partial charge < -0.3 is 14.2 Å². The number of barbiturate groups is 1. The van der Waals surface area contributed by atoms with E-state index in [0.717, 1.165) is 0 Å². The molecular formula is C17H18N2O7. The molecule has 1 aliphatic heterocycles. The van der Waals surface area contributed by atoms with Crippen molar-refractivity contribution in [1.29, 1.82) is 0 Å². The number of hydrogen-bond donors (Lipinski definition) is 2. The van der Waals surface area contributed by atoms with Crippen molar-refractivity contribution in [2.75, 3.05) is 13.7 Å². The summed E-state index contributed by atoms with van der Waals surface area (Å²) in [5.74, 6) is -1.52. The molecule has 26 heavy (non-hydrogen) atoms. The zero-order valence-corrected chi connectivity index (χ0v) is 14.5. The van der Waals surface area contributed by atoms with E-state index in [1.807, 2.05) is 10.6 Å². The van der Waals surface area contributed by atoms with E-state index in [1.165, 1.54) is 25.3 Å². The molecule has 0 aliphatic carbocycles. The maximum absolute atomic E-state index is 11.7. The number of carbonyl (C=O) groups is 4. The van der Waals surface area contributed by atoms with Crippen molar-refractivity contribution in [2.24, 2.45) is 0 Å². The van der Waals surface area contributed by atoms with Gasteiger partial charge >= 0.3 is 12.0 Å². The van der Waals surface area contributed by atoms with Gasteiger partial charge in [0.1, 0.15) is 5.57 Å². The third kappa shape index (κ3) is 4.82. The summed E-state index contributed by atoms with van der Waals surface area (Å²) in [4.78, 5) is 46.1. The van der Waals surface area contributed by atoms with Crippen LogP contribution in [0.4, 0.5) is 4.79 Å². The van der Waals surface area contributed by atoms with Crippen LogP contribution in [0.5, 0.6) is 11.5 Å². The Hall–Kier alpha value is -3.36. The van der Waals surface area contributed by atoms with Crippen molar-refractivity contribution in [3.05, 3.63) is 29.3 Å². The third-order valence-electron chi connectivity index (χ3n) is 3.15. The molecule has 1 aromatic carbocycles. The van der Waals surface area contributed by atoms with Crippen LogP contribution in [0.3, 0.4) is 0 Å². The topological polar surface area (TPSA) is 120 Å². The first-order valence-electron chi connectivity index (χ1n) is 7.69. The van der Waals surface area contributed by atoms with Gasteiger partial charge in [0.2, 0.25) is 0 Å². The lowest BCUT2D eigenvalue weighted by atomic mass is 10.1. The van der Waals surface area contributed by atoms with Crippen LogP contribution < -0.4 is 20.1 Å². The summed E-state index contributed by atoms with van der Waals surface area (Å²) >= 11 is 0. The van der Waals surface area contributed by atoms with Gasteiger partial charge in [0.05, 0.1) is 13.2 Å². The number of esters is 1. The number of urea groups is 1. The number of ether oxygens (including phenoxy) is 3. The molecule has 0 bridgehead atoms. The van der Waals surface area contributed by atoms with Gasteiger partial charge in [-0.25, -0.2) is 9.59 Å². The van der Waals surface area contributed by atoms with Crippen LogP contribution in [0, 0.1) is 0 Å². The van der Waals surface area contributed by atoms with Crippen molar-refractivity contribution >= 4 is 29.9 Å². The summed E-state index contributed by atoms with van der Waals surface area (Å²) in [6, 6.07) is 3.74. The zero-order valence-electron chi connectivity index (χ0n) is 14.5. The standard InChI is InChI=1S/C17H18N2O7/c1-9(2)26-14(20)8-25-12-5-4-10(7-13(12)24-3)6-11-15(21)18-17(23)19-16(11)22/h4-7,9H,8H2,1-3H3,(H2,18,19,21,22,23). The fourth-order valence-corrected chi connectivity index (χ4v) is 2.10. The largest absolute Gasteiger partial charge is 0.493 e. The molecule has 0 spiro atoms. The first kappa shape index (κ1) is 19.0. The normalized spacial score (nSPS) is 13.8. The van der Waals surface area contributed by atoms with Crippen LogP contribution in [-0.2, 0) is 19.1 Å². The number of imide groups is 2. The van der Waals surface area contributed by atoms with Crippen LogP contribution in [0.15, 0.2) is 23.8 Å². The molecule has 0 atom stereocenters. The average Bonchev–Trinajstić information content (AvgIpc) is 2.56. The molecule has 1 aromatic rings. The predicted molar refractivity (Wildman–Crippen MR) is 89.4 cm³/mol. The summed E-state index contributed by atoms with van der Waals surface area (Å²) in [6.45, 7) is 3.17. The quantitative estimate of drug-likeness (QED) is 0.436. The number of methoxy groups -OCH3 is 1. The second-order valence-corrected chi connectivity index (χ2v) is 5.53. The molecule has 1 fully saturated rings. The Kier molecular flexibility index (Phi) is 5.94. The summed E-state index contributed by atoms with van der Waals surface area (Å²) in [7, 11) is 1.41. The van der Waals surface area contributed by atoms with E-state index in [2.05, 4.69) is 0 Å². The van der Waals surface area contributed by atoms with E-state index in [-0.39, 0.29) is 18.3 Å². The minimum atomic E-state index is -0.869. The second-order valence-electron chi connectivity index (χ2n) is 5.53. The first-order chi connectivity index (χ1) is 12.3. The average molecular weight is 362 g/mol. The molecule has 0 unspecified atom stereocenters. The Labute approximate surface area is 149 Å². The molecule has 9 nitrogen and oxygen atoms in total. The summed E-state index contributed by atoms with van der Waals surface area (Å²) in [5.41, 5.74) is 0.245. The fraction of sp³-hybridized carbons (Fsp3) is 0.294. The van der Waals surface area contributed by atoms with E-state index in [4.69, 9.17) is 14.2 Å². The van der Waals surface area contributed by atoms with Gasteiger partial charge in [-0.15, -0.1) is 0 Å². The number of benzene rings is 1. The monoisotopic (exact) mass is 362 g/mol. The Morgan fingerprint density at radius 3 is 2.35 bits per heavy atom. The maximum atomic E-state index is 11.7. The lowest BCUT2D eigenvalue weighted by Crippen LogP contribution is -2.51. The number of rotatable bonds is 6. The molecule has 4 amide bonds. The molecule has 1 heterocycles. The van der Waals surface area contributed by atoms with Gasteiger partial charge in [-0.1, -0.05) is 6.07 Å². The van der Waals surface area contributed by atoms with Crippen molar-refractivity contribution in [1.82, 2.24) is 10.6 Å². The van der Waals surface area contributed by atoms with Crippen LogP contribution >= 0.6 is 0 Å². The third-order valence-corrected chi connectivity index (χ3v) is 3.15. The number of hydrogen-bond acceptors (Lipinski definition) is 7. The SMILES string of the molecule is COc1cc(C=C2C(=O)NC(=O)NC2=O)ccc1OCC(=O)OC(C)C. The lowest BCUT2D eigenvalue weighted by molar-refractivity contribution is -0.149. The van der Waals surface area contributed by atoms with Gasteiger partial charge in [-0.2, -0.15) is 0 Å². The Balaban J connectivity index is 2.16. The van der Waals surface area contributed by atoms with Gasteiger partial charge in [-0.05, 0) is 37.6 Å². The molecule has 1 saturated heterocycles. The van der Waals surface area contributed by atoms with Crippen LogP contribution in [0.25, 0.3) is 6.08 Å². The van der Waals surface area contributed by atoms with Crippen molar-refractivity contribution in [3.63, 3.8) is 0 Å². The number of carbonyl (C=O) groups excluding carboxylic acids is 4. The molecule has 2 rings (SSSR count). The Morgan fingerprint density at radius 1 is 1.12 bits per heavy atom. The van der Waals surface area contributed by atoms with Gasteiger partial charge in [-0.3, -0.25) is 20.2 Å². The van der Waals surface area contributed by atoms with Crippen LogP contribution in [-0.4, -0.2) is 43.6 Å². The minimum absolute atomic E-state index is 0.221. The highest BCUT2D eigenvalue weighted by molar-refractivity contribution is 6.31. The molecule has 138 valence electrons. The fourth-order valence-electron chi connectivity index (χ4n) is 2.10. The van der Waals surface area contributed by atoms with Crippen LogP contribution in [0.1, 0.15) is 19.4 Å². The number of nitrogens with one attached hydrogen (secondary N) is 2. The zero-order chi connectivity index (χ0) is 19.3. The van der Waals surface area contributed by atoms with Crippen molar-refractivity contribution < 1.29 is 33.4 Å². The molecule has 0 aromatic heterocycles. The van der Waals surface area contributed by atoms with Gasteiger partial charge in [0.15, 0.2) is 18.1 Å². The van der Waals surface area contributed by atoms with Crippen molar-refractivity contribution in [3.8, 4) is 11.5 Å². The summed E-state index contributed by atoms with van der Waals surface area (Å²) < 4.78 is 15.5. The van der Waals surface area contributed by atoms with E-state index in [0.29, 0.717) is 17.1 Å². The molecule has 9 heteroatoms. The molecule has 0 radical (unpaired) electrons. The van der Waals surface area contributed by atoms with Gasteiger partial charge in [0.25, 0.3) is 11.8 Å². The van der Waals surface area contributed by atoms with Crippen molar-refractivity contribution in [2.45, 2.75) is 20.0 Å². The highest BCUT2D eigenvalue weighted by Gasteiger charge is 2.27. The smallest absolute Gasteiger partial charge is 0.344 e. The Morgan fingerprint density at radius 2 is 1.77 bits per heavy atom. The lowest BCUT2D eigenvalue weighted by Gasteiger charge is -2.15. The highest BCUT2D eigenvalue weighted by Crippen LogP contribution is 2.29.